The van der Waals surface area contributed by atoms with Gasteiger partial charge in [0.15, 0.2) is 0 Å². The van der Waals surface area contributed by atoms with Crippen LogP contribution in [0.5, 0.6) is 0 Å². The van der Waals surface area contributed by atoms with E-state index in [4.69, 9.17) is 0 Å². The molecule has 0 aliphatic heterocycles. The Bertz CT molecular complexity index is 457. The molecule has 0 fully saturated rings. The molecule has 0 unspecified atom stereocenters. The average Bonchev–Trinajstić information content (AvgIpc) is 2.76. The zero-order chi connectivity index (χ0) is 11.5. The van der Waals surface area contributed by atoms with Gasteiger partial charge in [0.2, 0.25) is 0 Å². The number of rotatable bonds is 4. The molecule has 2 aromatic heterocycles. The minimum Gasteiger partial charge on any atom is -0.299 e. The van der Waals surface area contributed by atoms with Crippen LogP contribution < -0.4 is 0 Å². The summed E-state index contributed by atoms with van der Waals surface area (Å²) in [6.45, 7) is 1.94. The van der Waals surface area contributed by atoms with Gasteiger partial charge in [0.25, 0.3) is 0 Å². The monoisotopic (exact) mass is 235 g/mol. The molecule has 0 atom stereocenters. The van der Waals surface area contributed by atoms with Crippen molar-refractivity contribution >= 4 is 17.1 Å². The Balaban J connectivity index is 1.94. The third-order valence-corrected chi connectivity index (χ3v) is 3.01. The Kier molecular flexibility index (Phi) is 3.14. The highest BCUT2D eigenvalue weighted by atomic mass is 32.1. The van der Waals surface area contributed by atoms with Gasteiger partial charge in [0.05, 0.1) is 22.8 Å². The third-order valence-electron chi connectivity index (χ3n) is 2.19. The normalized spacial score (nSPS) is 10.6. The molecule has 0 saturated heterocycles. The first-order chi connectivity index (χ1) is 7.63. The lowest BCUT2D eigenvalue weighted by molar-refractivity contribution is -0.117. The topological polar surface area (TPSA) is 47.8 Å². The van der Waals surface area contributed by atoms with Gasteiger partial charge in [-0.15, -0.1) is 11.3 Å². The van der Waals surface area contributed by atoms with Gasteiger partial charge in [-0.1, -0.05) is 0 Å². The fourth-order valence-electron chi connectivity index (χ4n) is 1.51. The van der Waals surface area contributed by atoms with Gasteiger partial charge in [0, 0.05) is 25.0 Å². The number of Topliss-reactive ketones (excluding diaryl/α,β-unsaturated/α-hetero) is 1. The highest BCUT2D eigenvalue weighted by molar-refractivity contribution is 7.09. The van der Waals surface area contributed by atoms with Crippen molar-refractivity contribution in [2.75, 3.05) is 0 Å². The number of carbonyl (C=O) groups is 1. The molecule has 0 bridgehead atoms. The van der Waals surface area contributed by atoms with E-state index in [1.807, 2.05) is 31.6 Å². The molecule has 0 spiro atoms. The van der Waals surface area contributed by atoms with Gasteiger partial charge in [0.1, 0.15) is 5.78 Å². The Hall–Kier alpha value is -1.49. The summed E-state index contributed by atoms with van der Waals surface area (Å²) in [5.74, 6) is 0.156. The smallest absolute Gasteiger partial charge is 0.144 e. The van der Waals surface area contributed by atoms with E-state index in [1.165, 1.54) is 0 Å². The van der Waals surface area contributed by atoms with Crippen molar-refractivity contribution < 1.29 is 4.79 Å². The summed E-state index contributed by atoms with van der Waals surface area (Å²) in [6, 6.07) is 1.87. The number of aryl methyl sites for hydroxylation is 2. The molecule has 2 aromatic rings. The van der Waals surface area contributed by atoms with Crippen LogP contribution >= 0.6 is 11.3 Å². The number of aromatic nitrogens is 3. The lowest BCUT2D eigenvalue weighted by Gasteiger charge is -1.95. The van der Waals surface area contributed by atoms with Crippen LogP contribution in [0.25, 0.3) is 0 Å². The lowest BCUT2D eigenvalue weighted by atomic mass is 10.1. The minimum atomic E-state index is 0.156. The quantitative estimate of drug-likeness (QED) is 0.807. The summed E-state index contributed by atoms with van der Waals surface area (Å²) in [5.41, 5.74) is 1.68. The average molecular weight is 235 g/mol. The van der Waals surface area contributed by atoms with E-state index >= 15 is 0 Å². The Morgan fingerprint density at radius 1 is 1.44 bits per heavy atom. The first-order valence-electron chi connectivity index (χ1n) is 5.05. The van der Waals surface area contributed by atoms with Crippen molar-refractivity contribution in [3.05, 3.63) is 34.0 Å². The maximum atomic E-state index is 11.7. The largest absolute Gasteiger partial charge is 0.299 e. The van der Waals surface area contributed by atoms with Gasteiger partial charge in [-0.25, -0.2) is 4.98 Å². The Morgan fingerprint density at radius 2 is 2.19 bits per heavy atom. The second-order valence-electron chi connectivity index (χ2n) is 3.73. The molecule has 2 rings (SSSR count). The van der Waals surface area contributed by atoms with Gasteiger partial charge >= 0.3 is 0 Å². The molecule has 0 N–H and O–H groups in total. The molecule has 0 saturated carbocycles. The summed E-state index contributed by atoms with van der Waals surface area (Å²) in [4.78, 5) is 16.0. The molecular weight excluding hydrogens is 222 g/mol. The fraction of sp³-hybridized carbons (Fsp3) is 0.364. The first-order valence-corrected chi connectivity index (χ1v) is 5.92. The third kappa shape index (κ3) is 2.76. The second kappa shape index (κ2) is 4.57. The summed E-state index contributed by atoms with van der Waals surface area (Å²) < 4.78 is 1.70. The highest BCUT2D eigenvalue weighted by Crippen LogP contribution is 2.09. The van der Waals surface area contributed by atoms with Crippen LogP contribution in [0.1, 0.15) is 16.4 Å². The van der Waals surface area contributed by atoms with E-state index in [-0.39, 0.29) is 5.78 Å². The standard InChI is InChI=1S/C11H13N3OS/c1-8-12-10(7-16-8)6-11(15)5-9-3-4-14(2)13-9/h3-4,7H,5-6H2,1-2H3. The molecule has 5 heteroatoms. The SMILES string of the molecule is Cc1nc(CC(=O)Cc2ccn(C)n2)cs1. The fourth-order valence-corrected chi connectivity index (χ4v) is 2.13. The first kappa shape index (κ1) is 11.0. The second-order valence-corrected chi connectivity index (χ2v) is 4.79. The molecule has 0 aliphatic carbocycles. The van der Waals surface area contributed by atoms with E-state index in [2.05, 4.69) is 10.1 Å². The van der Waals surface area contributed by atoms with Crippen LogP contribution in [0.15, 0.2) is 17.6 Å². The lowest BCUT2D eigenvalue weighted by Crippen LogP contribution is -2.07. The number of thiazole rings is 1. The van der Waals surface area contributed by atoms with Crippen molar-refractivity contribution in [2.45, 2.75) is 19.8 Å². The maximum absolute atomic E-state index is 11.7. The molecule has 0 radical (unpaired) electrons. The zero-order valence-corrected chi connectivity index (χ0v) is 10.1. The van der Waals surface area contributed by atoms with Crippen LogP contribution in [-0.4, -0.2) is 20.5 Å². The molecular formula is C11H13N3OS. The van der Waals surface area contributed by atoms with Crippen molar-refractivity contribution in [3.63, 3.8) is 0 Å². The van der Waals surface area contributed by atoms with Crippen LogP contribution in [0.3, 0.4) is 0 Å². The van der Waals surface area contributed by atoms with E-state index in [1.54, 1.807) is 16.0 Å². The predicted molar refractivity (Wildman–Crippen MR) is 62.5 cm³/mol. The molecule has 4 nitrogen and oxygen atoms in total. The maximum Gasteiger partial charge on any atom is 0.144 e. The molecule has 16 heavy (non-hydrogen) atoms. The zero-order valence-electron chi connectivity index (χ0n) is 9.30. The van der Waals surface area contributed by atoms with Crippen molar-refractivity contribution in [2.24, 2.45) is 7.05 Å². The number of carbonyl (C=O) groups excluding carboxylic acids is 1. The minimum absolute atomic E-state index is 0.156. The van der Waals surface area contributed by atoms with Crippen molar-refractivity contribution in [1.82, 2.24) is 14.8 Å². The predicted octanol–water partition coefficient (Wildman–Crippen LogP) is 1.54. The van der Waals surface area contributed by atoms with Crippen molar-refractivity contribution in [3.8, 4) is 0 Å². The van der Waals surface area contributed by atoms with E-state index in [0.29, 0.717) is 12.8 Å². The van der Waals surface area contributed by atoms with Crippen LogP contribution in [0.2, 0.25) is 0 Å². The summed E-state index contributed by atoms with van der Waals surface area (Å²) in [7, 11) is 1.85. The van der Waals surface area contributed by atoms with Gasteiger partial charge in [-0.05, 0) is 13.0 Å². The van der Waals surface area contributed by atoms with Gasteiger partial charge in [-0.3, -0.25) is 9.48 Å². The molecule has 2 heterocycles. The molecule has 0 amide bonds. The molecule has 0 aromatic carbocycles. The molecule has 0 aliphatic rings. The van der Waals surface area contributed by atoms with Gasteiger partial charge < -0.3 is 0 Å². The number of hydrogen-bond acceptors (Lipinski definition) is 4. The Morgan fingerprint density at radius 3 is 2.75 bits per heavy atom. The number of nitrogens with zero attached hydrogens (tertiary/aromatic N) is 3. The van der Waals surface area contributed by atoms with E-state index < -0.39 is 0 Å². The highest BCUT2D eigenvalue weighted by Gasteiger charge is 2.09. The van der Waals surface area contributed by atoms with Gasteiger partial charge in [-0.2, -0.15) is 5.10 Å². The molecule has 84 valence electrons. The summed E-state index contributed by atoms with van der Waals surface area (Å²) in [5, 5.41) is 7.11. The summed E-state index contributed by atoms with van der Waals surface area (Å²) in [6.07, 6.45) is 2.63. The Labute approximate surface area is 97.9 Å². The number of hydrogen-bond donors (Lipinski definition) is 0. The van der Waals surface area contributed by atoms with E-state index in [0.717, 1.165) is 16.4 Å². The van der Waals surface area contributed by atoms with Crippen LogP contribution in [0, 0.1) is 6.92 Å². The summed E-state index contributed by atoms with van der Waals surface area (Å²) >= 11 is 1.57. The van der Waals surface area contributed by atoms with Crippen molar-refractivity contribution in [1.29, 1.82) is 0 Å². The number of ketones is 1. The van der Waals surface area contributed by atoms with Crippen LogP contribution in [-0.2, 0) is 24.7 Å². The van der Waals surface area contributed by atoms with Crippen LogP contribution in [0.4, 0.5) is 0 Å². The van der Waals surface area contributed by atoms with E-state index in [9.17, 15) is 4.79 Å².